The smallest absolute Gasteiger partial charge is 0.240 e. The summed E-state index contributed by atoms with van der Waals surface area (Å²) < 4.78 is 33.2. The average Bonchev–Trinajstić information content (AvgIpc) is 2.64. The molecular formula is C21H29NO3S. The van der Waals surface area contributed by atoms with Gasteiger partial charge in [0.25, 0.3) is 0 Å². The van der Waals surface area contributed by atoms with Crippen molar-refractivity contribution in [2.75, 3.05) is 13.2 Å². The molecule has 0 heterocycles. The maximum absolute atomic E-state index is 12.5. The predicted molar refractivity (Wildman–Crippen MR) is 106 cm³/mol. The van der Waals surface area contributed by atoms with E-state index < -0.39 is 10.0 Å². The highest BCUT2D eigenvalue weighted by atomic mass is 32.2. The first-order valence-electron chi connectivity index (χ1n) is 9.36. The lowest BCUT2D eigenvalue weighted by atomic mass is 10.1. The Labute approximate surface area is 157 Å². The molecule has 0 radical (unpaired) electrons. The molecule has 4 nitrogen and oxygen atoms in total. The van der Waals surface area contributed by atoms with E-state index in [-0.39, 0.29) is 0 Å². The van der Waals surface area contributed by atoms with Crippen molar-refractivity contribution in [3.8, 4) is 5.75 Å². The molecule has 1 N–H and O–H groups in total. The largest absolute Gasteiger partial charge is 0.494 e. The number of benzene rings is 2. The van der Waals surface area contributed by atoms with Gasteiger partial charge in [-0.25, -0.2) is 13.1 Å². The van der Waals surface area contributed by atoms with Gasteiger partial charge in [0.15, 0.2) is 0 Å². The van der Waals surface area contributed by atoms with Crippen molar-refractivity contribution in [3.63, 3.8) is 0 Å². The minimum absolute atomic E-state index is 0.315. The molecule has 0 spiro atoms. The van der Waals surface area contributed by atoms with Crippen LogP contribution < -0.4 is 9.46 Å². The maximum Gasteiger partial charge on any atom is 0.240 e. The highest BCUT2D eigenvalue weighted by Crippen LogP contribution is 2.18. The van der Waals surface area contributed by atoms with Gasteiger partial charge in [-0.3, -0.25) is 0 Å². The Morgan fingerprint density at radius 2 is 1.65 bits per heavy atom. The van der Waals surface area contributed by atoms with Crippen LogP contribution in [0, 0.1) is 0 Å². The zero-order valence-electron chi connectivity index (χ0n) is 15.7. The number of sulfonamides is 1. The fraction of sp³-hybridized carbons (Fsp3) is 0.429. The average molecular weight is 376 g/mol. The molecular weight excluding hydrogens is 346 g/mol. The molecule has 0 bridgehead atoms. The second-order valence-corrected chi connectivity index (χ2v) is 8.06. The summed E-state index contributed by atoms with van der Waals surface area (Å²) in [5.74, 6) is 0.811. The summed E-state index contributed by atoms with van der Waals surface area (Å²) in [5.41, 5.74) is 2.19. The van der Waals surface area contributed by atoms with Gasteiger partial charge in [0, 0.05) is 6.54 Å². The Kier molecular flexibility index (Phi) is 8.13. The number of hydrogen-bond donors (Lipinski definition) is 1. The summed E-state index contributed by atoms with van der Waals surface area (Å²) >= 11 is 0. The lowest BCUT2D eigenvalue weighted by Gasteiger charge is -2.11. The number of ether oxygens (including phenoxy) is 1. The van der Waals surface area contributed by atoms with Crippen LogP contribution in [0.3, 0.4) is 0 Å². The fourth-order valence-corrected chi connectivity index (χ4v) is 3.86. The Balaban J connectivity index is 1.92. The Morgan fingerprint density at radius 1 is 0.923 bits per heavy atom. The van der Waals surface area contributed by atoms with E-state index in [1.165, 1.54) is 18.4 Å². The number of nitrogens with one attached hydrogen (secondary N) is 1. The second-order valence-electron chi connectivity index (χ2n) is 6.29. The summed E-state index contributed by atoms with van der Waals surface area (Å²) in [7, 11) is -3.49. The van der Waals surface area contributed by atoms with E-state index in [9.17, 15) is 8.42 Å². The first-order valence-corrected chi connectivity index (χ1v) is 10.8. The van der Waals surface area contributed by atoms with Gasteiger partial charge in [0.1, 0.15) is 5.75 Å². The van der Waals surface area contributed by atoms with Gasteiger partial charge in [0.05, 0.1) is 11.5 Å². The van der Waals surface area contributed by atoms with Crippen molar-refractivity contribution in [3.05, 3.63) is 59.7 Å². The maximum atomic E-state index is 12.5. The van der Waals surface area contributed by atoms with E-state index in [1.54, 1.807) is 12.1 Å². The standard InChI is InChI=1S/C21H29NO3S/c1-3-5-6-9-18-12-14-20(15-13-18)26(23,24)22-17-16-19-10-7-8-11-21(19)25-4-2/h7-8,10-15,22H,3-6,9,16-17H2,1-2H3. The van der Waals surface area contributed by atoms with E-state index in [1.807, 2.05) is 43.3 Å². The number of hydrogen-bond acceptors (Lipinski definition) is 3. The molecule has 5 heteroatoms. The Bertz CT molecular complexity index is 770. The molecule has 0 fully saturated rings. The van der Waals surface area contributed by atoms with Crippen LogP contribution in [-0.4, -0.2) is 21.6 Å². The van der Waals surface area contributed by atoms with E-state index >= 15 is 0 Å². The van der Waals surface area contributed by atoms with Crippen molar-refractivity contribution < 1.29 is 13.2 Å². The summed E-state index contributed by atoms with van der Waals surface area (Å²) in [4.78, 5) is 0.315. The molecule has 26 heavy (non-hydrogen) atoms. The highest BCUT2D eigenvalue weighted by molar-refractivity contribution is 7.89. The molecule has 0 saturated carbocycles. The Hall–Kier alpha value is -1.85. The van der Waals surface area contributed by atoms with Crippen molar-refractivity contribution in [1.82, 2.24) is 4.72 Å². The predicted octanol–water partition coefficient (Wildman–Crippen LogP) is 4.34. The molecule has 0 aliphatic rings. The van der Waals surface area contributed by atoms with Crippen LogP contribution in [0.1, 0.15) is 44.2 Å². The molecule has 0 unspecified atom stereocenters. The van der Waals surface area contributed by atoms with Crippen molar-refractivity contribution in [2.24, 2.45) is 0 Å². The van der Waals surface area contributed by atoms with Crippen LogP contribution in [0.5, 0.6) is 5.75 Å². The summed E-state index contributed by atoms with van der Waals surface area (Å²) in [6.07, 6.45) is 5.11. The first kappa shape index (κ1) is 20.5. The molecule has 0 amide bonds. The quantitative estimate of drug-likeness (QED) is 0.595. The van der Waals surface area contributed by atoms with Gasteiger partial charge < -0.3 is 4.74 Å². The van der Waals surface area contributed by atoms with Gasteiger partial charge in [-0.1, -0.05) is 50.1 Å². The molecule has 0 aliphatic heterocycles. The third-order valence-corrected chi connectivity index (χ3v) is 5.74. The Morgan fingerprint density at radius 3 is 2.35 bits per heavy atom. The van der Waals surface area contributed by atoms with Crippen LogP contribution in [0.15, 0.2) is 53.4 Å². The molecule has 2 aromatic rings. The third-order valence-electron chi connectivity index (χ3n) is 4.26. The van der Waals surface area contributed by atoms with Crippen molar-refractivity contribution in [1.29, 1.82) is 0 Å². The minimum atomic E-state index is -3.49. The minimum Gasteiger partial charge on any atom is -0.494 e. The van der Waals surface area contributed by atoms with Crippen LogP contribution in [0.25, 0.3) is 0 Å². The topological polar surface area (TPSA) is 55.4 Å². The van der Waals surface area contributed by atoms with Crippen LogP contribution in [-0.2, 0) is 22.9 Å². The lowest BCUT2D eigenvalue weighted by Crippen LogP contribution is -2.26. The van der Waals surface area contributed by atoms with Gasteiger partial charge in [-0.05, 0) is 55.5 Å². The second kappa shape index (κ2) is 10.3. The molecule has 2 aromatic carbocycles. The lowest BCUT2D eigenvalue weighted by molar-refractivity contribution is 0.336. The third kappa shape index (κ3) is 6.15. The van der Waals surface area contributed by atoms with Gasteiger partial charge in [-0.15, -0.1) is 0 Å². The fourth-order valence-electron chi connectivity index (χ4n) is 2.82. The van der Waals surface area contributed by atoms with E-state index in [0.717, 1.165) is 24.2 Å². The van der Waals surface area contributed by atoms with E-state index in [0.29, 0.717) is 24.5 Å². The number of aryl methyl sites for hydroxylation is 1. The zero-order valence-corrected chi connectivity index (χ0v) is 16.5. The van der Waals surface area contributed by atoms with Gasteiger partial charge >= 0.3 is 0 Å². The van der Waals surface area contributed by atoms with Crippen LogP contribution >= 0.6 is 0 Å². The molecule has 2 rings (SSSR count). The van der Waals surface area contributed by atoms with Gasteiger partial charge in [0.2, 0.25) is 10.0 Å². The van der Waals surface area contributed by atoms with E-state index in [4.69, 9.17) is 4.74 Å². The number of para-hydroxylation sites is 1. The highest BCUT2D eigenvalue weighted by Gasteiger charge is 2.13. The molecule has 0 atom stereocenters. The summed E-state index contributed by atoms with van der Waals surface area (Å²) in [6, 6.07) is 14.9. The number of rotatable bonds is 11. The first-order chi connectivity index (χ1) is 12.6. The molecule has 0 aromatic heterocycles. The van der Waals surface area contributed by atoms with Crippen molar-refractivity contribution >= 4 is 10.0 Å². The van der Waals surface area contributed by atoms with Gasteiger partial charge in [-0.2, -0.15) is 0 Å². The summed E-state index contributed by atoms with van der Waals surface area (Å²) in [6.45, 7) is 5.04. The molecule has 142 valence electrons. The van der Waals surface area contributed by atoms with Crippen LogP contribution in [0.2, 0.25) is 0 Å². The molecule has 0 saturated heterocycles. The monoisotopic (exact) mass is 375 g/mol. The van der Waals surface area contributed by atoms with Crippen molar-refractivity contribution in [2.45, 2.75) is 50.8 Å². The van der Waals surface area contributed by atoms with E-state index in [2.05, 4.69) is 11.6 Å². The van der Waals surface area contributed by atoms with Crippen LogP contribution in [0.4, 0.5) is 0 Å². The zero-order chi connectivity index (χ0) is 18.8. The normalized spacial score (nSPS) is 11.5. The summed E-state index contributed by atoms with van der Waals surface area (Å²) in [5, 5.41) is 0. The number of unbranched alkanes of at least 4 members (excludes halogenated alkanes) is 2. The SMILES string of the molecule is CCCCCc1ccc(S(=O)(=O)NCCc2ccccc2OCC)cc1. The molecule has 0 aliphatic carbocycles.